The number of amides is 1. The predicted molar refractivity (Wildman–Crippen MR) is 86.6 cm³/mol. The van der Waals surface area contributed by atoms with Crippen LogP contribution in [0.15, 0.2) is 29.2 Å². The molecule has 5 heteroatoms. The summed E-state index contributed by atoms with van der Waals surface area (Å²) in [5, 5.41) is 12.4. The standard InChI is InChI=1S/C16H24N2O2S/c1-13-2-4-15(5-3-13)21-11-8-17-16(20)12-18-9-6-14(19)7-10-18/h2-5,14,19H,6-12H2,1H3,(H,17,20). The third-order valence-corrected chi connectivity index (χ3v) is 4.65. The highest BCUT2D eigenvalue weighted by atomic mass is 32.2. The first-order chi connectivity index (χ1) is 10.1. The van der Waals surface area contributed by atoms with Gasteiger partial charge < -0.3 is 10.4 Å². The zero-order chi connectivity index (χ0) is 15.1. The number of nitrogens with one attached hydrogen (secondary N) is 1. The molecule has 0 aliphatic carbocycles. The van der Waals surface area contributed by atoms with Crippen molar-refractivity contribution < 1.29 is 9.90 Å². The van der Waals surface area contributed by atoms with E-state index in [1.54, 1.807) is 11.8 Å². The molecule has 0 aromatic heterocycles. The lowest BCUT2D eigenvalue weighted by molar-refractivity contribution is -0.122. The van der Waals surface area contributed by atoms with Crippen molar-refractivity contribution in [1.29, 1.82) is 0 Å². The quantitative estimate of drug-likeness (QED) is 0.620. The first-order valence-electron chi connectivity index (χ1n) is 7.50. The van der Waals surface area contributed by atoms with Gasteiger partial charge in [0.25, 0.3) is 0 Å². The van der Waals surface area contributed by atoms with Crippen LogP contribution < -0.4 is 5.32 Å². The van der Waals surface area contributed by atoms with Crippen molar-refractivity contribution in [2.24, 2.45) is 0 Å². The molecule has 4 nitrogen and oxygen atoms in total. The molecule has 0 radical (unpaired) electrons. The zero-order valence-electron chi connectivity index (χ0n) is 12.5. The SMILES string of the molecule is Cc1ccc(SCCNC(=O)CN2CCC(O)CC2)cc1. The van der Waals surface area contributed by atoms with Gasteiger partial charge in [0, 0.05) is 30.3 Å². The minimum Gasteiger partial charge on any atom is -0.393 e. The lowest BCUT2D eigenvalue weighted by Crippen LogP contribution is -2.43. The molecule has 1 saturated heterocycles. The second-order valence-electron chi connectivity index (χ2n) is 5.52. The van der Waals surface area contributed by atoms with Gasteiger partial charge in [-0.1, -0.05) is 17.7 Å². The fourth-order valence-corrected chi connectivity index (χ4v) is 3.10. The molecule has 1 aromatic rings. The first-order valence-corrected chi connectivity index (χ1v) is 8.48. The summed E-state index contributed by atoms with van der Waals surface area (Å²) in [7, 11) is 0. The second-order valence-corrected chi connectivity index (χ2v) is 6.69. The van der Waals surface area contributed by atoms with E-state index in [-0.39, 0.29) is 12.0 Å². The number of thioether (sulfide) groups is 1. The molecule has 2 N–H and O–H groups in total. The highest BCUT2D eigenvalue weighted by molar-refractivity contribution is 7.99. The predicted octanol–water partition coefficient (Wildman–Crippen LogP) is 1.66. The number of carbonyl (C=O) groups excluding carboxylic acids is 1. The van der Waals surface area contributed by atoms with Crippen LogP contribution in [0, 0.1) is 6.92 Å². The summed E-state index contributed by atoms with van der Waals surface area (Å²) in [6, 6.07) is 8.43. The number of aryl methyl sites for hydroxylation is 1. The van der Waals surface area contributed by atoms with Gasteiger partial charge in [0.05, 0.1) is 12.6 Å². The minimum atomic E-state index is -0.185. The number of hydrogen-bond donors (Lipinski definition) is 2. The number of piperidine rings is 1. The third-order valence-electron chi connectivity index (χ3n) is 3.64. The fourth-order valence-electron chi connectivity index (χ4n) is 2.33. The van der Waals surface area contributed by atoms with Crippen LogP contribution >= 0.6 is 11.8 Å². The van der Waals surface area contributed by atoms with Crippen molar-refractivity contribution in [2.75, 3.05) is 31.9 Å². The summed E-state index contributed by atoms with van der Waals surface area (Å²) in [4.78, 5) is 15.2. The Labute approximate surface area is 130 Å². The molecule has 116 valence electrons. The number of hydrogen-bond acceptors (Lipinski definition) is 4. The van der Waals surface area contributed by atoms with Crippen molar-refractivity contribution in [3.8, 4) is 0 Å². The molecule has 1 amide bonds. The van der Waals surface area contributed by atoms with Crippen LogP contribution in [-0.2, 0) is 4.79 Å². The van der Waals surface area contributed by atoms with Gasteiger partial charge in [-0.25, -0.2) is 0 Å². The van der Waals surface area contributed by atoms with Gasteiger partial charge in [-0.2, -0.15) is 0 Å². The number of carbonyl (C=O) groups is 1. The van der Waals surface area contributed by atoms with Gasteiger partial charge in [-0.15, -0.1) is 11.8 Å². The Kier molecular flexibility index (Phi) is 6.54. The van der Waals surface area contributed by atoms with Gasteiger partial charge in [-0.05, 0) is 31.9 Å². The Balaban J connectivity index is 1.58. The number of benzene rings is 1. The molecule has 0 bridgehead atoms. The highest BCUT2D eigenvalue weighted by Crippen LogP contribution is 2.17. The Morgan fingerprint density at radius 2 is 2.00 bits per heavy atom. The molecule has 1 aliphatic rings. The van der Waals surface area contributed by atoms with Gasteiger partial charge >= 0.3 is 0 Å². The number of nitrogens with zero attached hydrogens (tertiary/aromatic N) is 1. The smallest absolute Gasteiger partial charge is 0.234 e. The lowest BCUT2D eigenvalue weighted by Gasteiger charge is -2.28. The molecule has 1 fully saturated rings. The van der Waals surface area contributed by atoms with E-state index in [0.717, 1.165) is 31.7 Å². The summed E-state index contributed by atoms with van der Waals surface area (Å²) in [5.74, 6) is 0.962. The maximum atomic E-state index is 11.8. The Morgan fingerprint density at radius 3 is 2.67 bits per heavy atom. The molecule has 0 spiro atoms. The topological polar surface area (TPSA) is 52.6 Å². The summed E-state index contributed by atoms with van der Waals surface area (Å²) in [6.07, 6.45) is 1.36. The van der Waals surface area contributed by atoms with E-state index < -0.39 is 0 Å². The van der Waals surface area contributed by atoms with E-state index in [1.165, 1.54) is 10.5 Å². The van der Waals surface area contributed by atoms with Crippen LogP contribution in [0.4, 0.5) is 0 Å². The van der Waals surface area contributed by atoms with E-state index in [2.05, 4.69) is 41.4 Å². The molecule has 1 aliphatic heterocycles. The lowest BCUT2D eigenvalue weighted by atomic mass is 10.1. The van der Waals surface area contributed by atoms with Gasteiger partial charge in [0.2, 0.25) is 5.91 Å². The largest absolute Gasteiger partial charge is 0.393 e. The molecule has 1 aromatic carbocycles. The van der Waals surface area contributed by atoms with Crippen molar-refractivity contribution in [3.63, 3.8) is 0 Å². The molecule has 2 rings (SSSR count). The summed E-state index contributed by atoms with van der Waals surface area (Å²) in [6.45, 7) is 4.84. The zero-order valence-corrected chi connectivity index (χ0v) is 13.4. The van der Waals surface area contributed by atoms with Gasteiger partial charge in [0.15, 0.2) is 0 Å². The molecule has 0 unspecified atom stereocenters. The Morgan fingerprint density at radius 1 is 1.33 bits per heavy atom. The maximum Gasteiger partial charge on any atom is 0.234 e. The average molecular weight is 308 g/mol. The normalized spacial score (nSPS) is 16.9. The number of aliphatic hydroxyl groups is 1. The van der Waals surface area contributed by atoms with Crippen LogP contribution in [0.1, 0.15) is 18.4 Å². The van der Waals surface area contributed by atoms with E-state index in [9.17, 15) is 9.90 Å². The monoisotopic (exact) mass is 308 g/mol. The molecule has 1 heterocycles. The van der Waals surface area contributed by atoms with Crippen LogP contribution in [-0.4, -0.2) is 53.9 Å². The Bertz CT molecular complexity index is 442. The van der Waals surface area contributed by atoms with Crippen molar-refractivity contribution in [3.05, 3.63) is 29.8 Å². The number of aliphatic hydroxyl groups excluding tert-OH is 1. The van der Waals surface area contributed by atoms with Crippen molar-refractivity contribution in [1.82, 2.24) is 10.2 Å². The van der Waals surface area contributed by atoms with Crippen LogP contribution in [0.25, 0.3) is 0 Å². The van der Waals surface area contributed by atoms with E-state index in [4.69, 9.17) is 0 Å². The van der Waals surface area contributed by atoms with Crippen LogP contribution in [0.5, 0.6) is 0 Å². The average Bonchev–Trinajstić information content (AvgIpc) is 2.48. The molecular weight excluding hydrogens is 284 g/mol. The van der Waals surface area contributed by atoms with E-state index >= 15 is 0 Å². The van der Waals surface area contributed by atoms with E-state index in [0.29, 0.717) is 13.1 Å². The van der Waals surface area contributed by atoms with Crippen LogP contribution in [0.2, 0.25) is 0 Å². The third kappa shape index (κ3) is 6.08. The fraction of sp³-hybridized carbons (Fsp3) is 0.562. The van der Waals surface area contributed by atoms with Crippen molar-refractivity contribution in [2.45, 2.75) is 30.8 Å². The highest BCUT2D eigenvalue weighted by Gasteiger charge is 2.18. The summed E-state index contributed by atoms with van der Waals surface area (Å²) in [5.41, 5.74) is 1.26. The minimum absolute atomic E-state index is 0.0795. The van der Waals surface area contributed by atoms with Crippen LogP contribution in [0.3, 0.4) is 0 Å². The number of likely N-dealkylation sites (tertiary alicyclic amines) is 1. The second kappa shape index (κ2) is 8.41. The molecule has 21 heavy (non-hydrogen) atoms. The van der Waals surface area contributed by atoms with E-state index in [1.807, 2.05) is 0 Å². The number of rotatable bonds is 6. The molecule has 0 atom stereocenters. The van der Waals surface area contributed by atoms with Gasteiger partial charge in [0.1, 0.15) is 0 Å². The molecule has 0 saturated carbocycles. The van der Waals surface area contributed by atoms with Gasteiger partial charge in [-0.3, -0.25) is 9.69 Å². The Hall–Kier alpha value is -1.04. The summed E-state index contributed by atoms with van der Waals surface area (Å²) >= 11 is 1.76. The first kappa shape index (κ1) is 16.3. The molecular formula is C16H24N2O2S. The maximum absolute atomic E-state index is 11.8. The summed E-state index contributed by atoms with van der Waals surface area (Å²) < 4.78 is 0. The van der Waals surface area contributed by atoms with Crippen molar-refractivity contribution >= 4 is 17.7 Å².